The van der Waals surface area contributed by atoms with Crippen molar-refractivity contribution in [1.29, 1.82) is 0 Å². The molecule has 80 valence electrons. The highest BCUT2D eigenvalue weighted by atomic mass is 35.5. The van der Waals surface area contributed by atoms with Crippen molar-refractivity contribution in [3.63, 3.8) is 0 Å². The predicted molar refractivity (Wildman–Crippen MR) is 62.2 cm³/mol. The smallest absolute Gasteiger partial charge is 0.0682 e. The Kier molecular flexibility index (Phi) is 7.33. The molecule has 0 saturated carbocycles. The maximum absolute atomic E-state index is 5.84. The first-order chi connectivity index (χ1) is 6.24. The van der Waals surface area contributed by atoms with Crippen molar-refractivity contribution in [2.24, 2.45) is 5.90 Å². The van der Waals surface area contributed by atoms with Crippen molar-refractivity contribution in [1.82, 2.24) is 0 Å². The van der Waals surface area contributed by atoms with E-state index in [9.17, 15) is 0 Å². The molecule has 2 N–H and O–H groups in total. The summed E-state index contributed by atoms with van der Waals surface area (Å²) in [4.78, 5) is 4.46. The maximum Gasteiger partial charge on any atom is 0.0682 e. The van der Waals surface area contributed by atoms with E-state index in [4.69, 9.17) is 29.1 Å². The summed E-state index contributed by atoms with van der Waals surface area (Å²) in [5, 5.41) is 1.17. The molecule has 0 amide bonds. The van der Waals surface area contributed by atoms with Gasteiger partial charge in [0.15, 0.2) is 0 Å². The van der Waals surface area contributed by atoms with Gasteiger partial charge in [-0.1, -0.05) is 29.3 Å². The molecule has 5 heteroatoms. The Bertz CT molecular complexity index is 281. The minimum atomic E-state index is 0. The van der Waals surface area contributed by atoms with Crippen molar-refractivity contribution in [3.05, 3.63) is 33.8 Å². The van der Waals surface area contributed by atoms with Gasteiger partial charge in [0.2, 0.25) is 0 Å². The van der Waals surface area contributed by atoms with Gasteiger partial charge in [-0.05, 0) is 30.5 Å². The molecule has 0 spiro atoms. The lowest BCUT2D eigenvalue weighted by Crippen LogP contribution is -2.01. The molecule has 0 aliphatic heterocycles. The molecule has 1 rings (SSSR count). The molecular formula is C9H12Cl3NO. The van der Waals surface area contributed by atoms with E-state index in [1.807, 2.05) is 12.1 Å². The van der Waals surface area contributed by atoms with Gasteiger partial charge in [0.1, 0.15) is 0 Å². The second-order valence-corrected chi connectivity index (χ2v) is 3.54. The topological polar surface area (TPSA) is 35.2 Å². The number of rotatable bonds is 4. The van der Waals surface area contributed by atoms with Crippen LogP contribution in [0.3, 0.4) is 0 Å². The Morgan fingerprint density at radius 2 is 1.93 bits per heavy atom. The molecule has 14 heavy (non-hydrogen) atoms. The Morgan fingerprint density at radius 3 is 2.50 bits per heavy atom. The Hall–Kier alpha value is 0.01000. The second kappa shape index (κ2) is 7.32. The van der Waals surface area contributed by atoms with Crippen molar-refractivity contribution >= 4 is 35.6 Å². The highest BCUT2D eigenvalue weighted by molar-refractivity contribution is 6.42. The van der Waals surface area contributed by atoms with E-state index in [1.165, 1.54) is 0 Å². The van der Waals surface area contributed by atoms with E-state index in [2.05, 4.69) is 4.84 Å². The number of halogens is 3. The van der Waals surface area contributed by atoms with Gasteiger partial charge in [-0.25, -0.2) is 5.90 Å². The van der Waals surface area contributed by atoms with Gasteiger partial charge in [-0.15, -0.1) is 12.4 Å². The molecule has 2 nitrogen and oxygen atoms in total. The molecular weight excluding hydrogens is 244 g/mol. The molecule has 0 unspecified atom stereocenters. The Labute approximate surface area is 99.7 Å². The van der Waals surface area contributed by atoms with E-state index in [1.54, 1.807) is 6.07 Å². The van der Waals surface area contributed by atoms with Gasteiger partial charge in [0, 0.05) is 0 Å². The molecule has 0 aromatic heterocycles. The SMILES string of the molecule is Cl.NOCCCc1ccc(Cl)c(Cl)c1. The van der Waals surface area contributed by atoms with Crippen LogP contribution in [0.2, 0.25) is 10.0 Å². The highest BCUT2D eigenvalue weighted by Gasteiger charge is 1.98. The maximum atomic E-state index is 5.84. The van der Waals surface area contributed by atoms with Crippen LogP contribution in [0.1, 0.15) is 12.0 Å². The first-order valence-electron chi connectivity index (χ1n) is 3.99. The van der Waals surface area contributed by atoms with Crippen molar-refractivity contribution in [2.75, 3.05) is 6.61 Å². The molecule has 0 aliphatic rings. The third-order valence-electron chi connectivity index (χ3n) is 1.71. The molecule has 1 aromatic rings. The van der Waals surface area contributed by atoms with Crippen LogP contribution in [0.4, 0.5) is 0 Å². The summed E-state index contributed by atoms with van der Waals surface area (Å²) in [6.45, 7) is 0.556. The Morgan fingerprint density at radius 1 is 1.21 bits per heavy atom. The standard InChI is InChI=1S/C9H11Cl2NO.ClH/c10-8-4-3-7(6-9(8)11)2-1-5-13-12;/h3-4,6H,1-2,5,12H2;1H. The van der Waals surface area contributed by atoms with E-state index in [-0.39, 0.29) is 12.4 Å². The number of hydrogen-bond acceptors (Lipinski definition) is 2. The fraction of sp³-hybridized carbons (Fsp3) is 0.333. The molecule has 0 saturated heterocycles. The summed E-state index contributed by atoms with van der Waals surface area (Å²) >= 11 is 11.6. The lowest BCUT2D eigenvalue weighted by atomic mass is 10.1. The summed E-state index contributed by atoms with van der Waals surface area (Å²) in [5.41, 5.74) is 1.14. The number of nitrogens with two attached hydrogens (primary N) is 1. The zero-order chi connectivity index (χ0) is 9.68. The van der Waals surface area contributed by atoms with Crippen LogP contribution in [-0.4, -0.2) is 6.61 Å². The summed E-state index contributed by atoms with van der Waals surface area (Å²) in [6.07, 6.45) is 1.78. The van der Waals surface area contributed by atoms with Crippen LogP contribution >= 0.6 is 35.6 Å². The third kappa shape index (κ3) is 4.49. The van der Waals surface area contributed by atoms with Gasteiger partial charge in [-0.2, -0.15) is 0 Å². The van der Waals surface area contributed by atoms with E-state index in [0.29, 0.717) is 16.7 Å². The van der Waals surface area contributed by atoms with Crippen molar-refractivity contribution in [2.45, 2.75) is 12.8 Å². The van der Waals surface area contributed by atoms with Crippen molar-refractivity contribution in [3.8, 4) is 0 Å². The van der Waals surface area contributed by atoms with Crippen LogP contribution in [0.25, 0.3) is 0 Å². The molecule has 0 radical (unpaired) electrons. The van der Waals surface area contributed by atoms with Crippen LogP contribution in [0.15, 0.2) is 18.2 Å². The monoisotopic (exact) mass is 255 g/mol. The number of hydrogen-bond donors (Lipinski definition) is 1. The first kappa shape index (κ1) is 14.0. The molecule has 1 aromatic carbocycles. The fourth-order valence-electron chi connectivity index (χ4n) is 1.05. The Balaban J connectivity index is 0.00000169. The van der Waals surface area contributed by atoms with Gasteiger partial charge < -0.3 is 4.84 Å². The first-order valence-corrected chi connectivity index (χ1v) is 4.75. The fourth-order valence-corrected chi connectivity index (χ4v) is 1.38. The van der Waals surface area contributed by atoms with Gasteiger partial charge >= 0.3 is 0 Å². The number of benzene rings is 1. The quantitative estimate of drug-likeness (QED) is 0.663. The molecule has 0 bridgehead atoms. The van der Waals surface area contributed by atoms with Crippen LogP contribution in [0, 0.1) is 0 Å². The van der Waals surface area contributed by atoms with Crippen molar-refractivity contribution < 1.29 is 4.84 Å². The van der Waals surface area contributed by atoms with Crippen LogP contribution in [-0.2, 0) is 11.3 Å². The largest absolute Gasteiger partial charge is 0.305 e. The van der Waals surface area contributed by atoms with Gasteiger partial charge in [0.25, 0.3) is 0 Å². The molecule has 0 heterocycles. The summed E-state index contributed by atoms with van der Waals surface area (Å²) in [5.74, 6) is 4.90. The average Bonchev–Trinajstić information content (AvgIpc) is 2.12. The van der Waals surface area contributed by atoms with E-state index < -0.39 is 0 Å². The molecule has 0 aliphatic carbocycles. The lowest BCUT2D eigenvalue weighted by molar-refractivity contribution is 0.135. The van der Waals surface area contributed by atoms with E-state index in [0.717, 1.165) is 18.4 Å². The number of aryl methyl sites for hydroxylation is 1. The van der Waals surface area contributed by atoms with Crippen LogP contribution < -0.4 is 5.90 Å². The lowest BCUT2D eigenvalue weighted by Gasteiger charge is -2.02. The van der Waals surface area contributed by atoms with E-state index >= 15 is 0 Å². The van der Waals surface area contributed by atoms with Gasteiger partial charge in [-0.3, -0.25) is 0 Å². The minimum Gasteiger partial charge on any atom is -0.305 e. The summed E-state index contributed by atoms with van der Waals surface area (Å²) in [6, 6.07) is 5.60. The zero-order valence-corrected chi connectivity index (χ0v) is 9.83. The van der Waals surface area contributed by atoms with Gasteiger partial charge in [0.05, 0.1) is 16.7 Å². The summed E-state index contributed by atoms with van der Waals surface area (Å²) < 4.78 is 0. The van der Waals surface area contributed by atoms with Crippen LogP contribution in [0.5, 0.6) is 0 Å². The third-order valence-corrected chi connectivity index (χ3v) is 2.45. The highest BCUT2D eigenvalue weighted by Crippen LogP contribution is 2.22. The average molecular weight is 257 g/mol. The molecule has 0 fully saturated rings. The normalized spacial score (nSPS) is 9.64. The zero-order valence-electron chi connectivity index (χ0n) is 7.50. The predicted octanol–water partition coefficient (Wildman–Crippen LogP) is 3.24. The summed E-state index contributed by atoms with van der Waals surface area (Å²) in [7, 11) is 0. The molecule has 0 atom stereocenters. The second-order valence-electron chi connectivity index (χ2n) is 2.72. The minimum absolute atomic E-state index is 0.